The molecule has 0 amide bonds. The Morgan fingerprint density at radius 2 is 1.86 bits per heavy atom. The Hall–Kier alpha value is -1.22. The van der Waals surface area contributed by atoms with Crippen molar-refractivity contribution < 1.29 is 9.47 Å². The van der Waals surface area contributed by atoms with E-state index in [-0.39, 0.29) is 5.41 Å². The highest BCUT2D eigenvalue weighted by atomic mass is 16.5. The molecule has 0 bridgehead atoms. The van der Waals surface area contributed by atoms with Crippen molar-refractivity contribution in [1.29, 1.82) is 0 Å². The molecule has 0 aliphatic rings. The van der Waals surface area contributed by atoms with Gasteiger partial charge in [-0.15, -0.1) is 0 Å². The van der Waals surface area contributed by atoms with Crippen LogP contribution in [0.3, 0.4) is 0 Å². The number of nitrogens with one attached hydrogen (secondary N) is 1. The van der Waals surface area contributed by atoms with E-state index in [0.29, 0.717) is 6.04 Å². The topological polar surface area (TPSA) is 30.5 Å². The van der Waals surface area contributed by atoms with Crippen LogP contribution in [0.25, 0.3) is 0 Å². The largest absolute Gasteiger partial charge is 0.497 e. The summed E-state index contributed by atoms with van der Waals surface area (Å²) in [4.78, 5) is 0. The average molecular weight is 293 g/mol. The molecule has 0 aromatic heterocycles. The van der Waals surface area contributed by atoms with Gasteiger partial charge in [-0.25, -0.2) is 0 Å². The SMILES string of the molecule is CCCNC(CCc1ccc(OC)cc1OC)C(C)(C)C. The van der Waals surface area contributed by atoms with Gasteiger partial charge in [-0.05, 0) is 42.9 Å². The molecule has 21 heavy (non-hydrogen) atoms. The van der Waals surface area contributed by atoms with Crippen LogP contribution in [0.15, 0.2) is 18.2 Å². The second-order valence-corrected chi connectivity index (χ2v) is 6.59. The summed E-state index contributed by atoms with van der Waals surface area (Å²) in [6, 6.07) is 6.57. The van der Waals surface area contributed by atoms with Crippen molar-refractivity contribution in [3.63, 3.8) is 0 Å². The van der Waals surface area contributed by atoms with Crippen LogP contribution in [0.5, 0.6) is 11.5 Å². The van der Waals surface area contributed by atoms with E-state index >= 15 is 0 Å². The fraction of sp³-hybridized carbons (Fsp3) is 0.667. The van der Waals surface area contributed by atoms with E-state index in [1.807, 2.05) is 12.1 Å². The van der Waals surface area contributed by atoms with Gasteiger partial charge in [-0.2, -0.15) is 0 Å². The number of rotatable bonds is 8. The zero-order valence-corrected chi connectivity index (χ0v) is 14.5. The Labute approximate surface area is 130 Å². The van der Waals surface area contributed by atoms with Gasteiger partial charge in [0.2, 0.25) is 0 Å². The van der Waals surface area contributed by atoms with Gasteiger partial charge in [0, 0.05) is 12.1 Å². The van der Waals surface area contributed by atoms with Gasteiger partial charge in [0.15, 0.2) is 0 Å². The zero-order chi connectivity index (χ0) is 15.9. The summed E-state index contributed by atoms with van der Waals surface area (Å²) in [5.41, 5.74) is 1.50. The summed E-state index contributed by atoms with van der Waals surface area (Å²) < 4.78 is 10.7. The van der Waals surface area contributed by atoms with Crippen LogP contribution < -0.4 is 14.8 Å². The van der Waals surface area contributed by atoms with Gasteiger partial charge >= 0.3 is 0 Å². The molecule has 1 aromatic carbocycles. The van der Waals surface area contributed by atoms with Crippen LogP contribution in [-0.4, -0.2) is 26.8 Å². The van der Waals surface area contributed by atoms with Crippen molar-refractivity contribution >= 4 is 0 Å². The molecule has 3 heteroatoms. The summed E-state index contributed by atoms with van der Waals surface area (Å²) in [5, 5.41) is 3.67. The van der Waals surface area contributed by atoms with Gasteiger partial charge in [0.25, 0.3) is 0 Å². The first-order chi connectivity index (χ1) is 9.92. The lowest BCUT2D eigenvalue weighted by molar-refractivity contribution is 0.254. The fourth-order valence-electron chi connectivity index (χ4n) is 2.52. The van der Waals surface area contributed by atoms with Crippen molar-refractivity contribution in [2.75, 3.05) is 20.8 Å². The molecule has 1 rings (SSSR count). The second kappa shape index (κ2) is 8.28. The Kier molecular flexibility index (Phi) is 7.03. The van der Waals surface area contributed by atoms with E-state index in [1.54, 1.807) is 14.2 Å². The summed E-state index contributed by atoms with van der Waals surface area (Å²) in [5.74, 6) is 1.75. The van der Waals surface area contributed by atoms with E-state index in [0.717, 1.165) is 30.9 Å². The first-order valence-corrected chi connectivity index (χ1v) is 7.86. The van der Waals surface area contributed by atoms with E-state index in [9.17, 15) is 0 Å². The van der Waals surface area contributed by atoms with Gasteiger partial charge in [-0.1, -0.05) is 33.8 Å². The molecule has 1 unspecified atom stereocenters. The van der Waals surface area contributed by atoms with E-state index < -0.39 is 0 Å². The van der Waals surface area contributed by atoms with Crippen molar-refractivity contribution in [3.05, 3.63) is 23.8 Å². The van der Waals surface area contributed by atoms with Crippen molar-refractivity contribution in [2.24, 2.45) is 5.41 Å². The zero-order valence-electron chi connectivity index (χ0n) is 14.5. The van der Waals surface area contributed by atoms with Crippen LogP contribution in [-0.2, 0) is 6.42 Å². The van der Waals surface area contributed by atoms with Crippen molar-refractivity contribution in [3.8, 4) is 11.5 Å². The molecule has 1 N–H and O–H groups in total. The molecule has 1 atom stereocenters. The highest BCUT2D eigenvalue weighted by Crippen LogP contribution is 2.28. The predicted octanol–water partition coefficient (Wildman–Crippen LogP) is 4.05. The van der Waals surface area contributed by atoms with Crippen LogP contribution >= 0.6 is 0 Å². The maximum absolute atomic E-state index is 5.49. The Bertz CT molecular complexity index is 424. The van der Waals surface area contributed by atoms with Gasteiger partial charge in [-0.3, -0.25) is 0 Å². The molecule has 0 saturated carbocycles. The lowest BCUT2D eigenvalue weighted by atomic mass is 9.83. The Balaban J connectivity index is 2.75. The molecule has 0 spiro atoms. The number of hydrogen-bond donors (Lipinski definition) is 1. The molecule has 1 aromatic rings. The molecule has 0 radical (unpaired) electrons. The monoisotopic (exact) mass is 293 g/mol. The Morgan fingerprint density at radius 1 is 1.14 bits per heavy atom. The summed E-state index contributed by atoms with van der Waals surface area (Å²) >= 11 is 0. The highest BCUT2D eigenvalue weighted by molar-refractivity contribution is 5.40. The fourth-order valence-corrected chi connectivity index (χ4v) is 2.52. The normalized spacial score (nSPS) is 13.0. The van der Waals surface area contributed by atoms with E-state index in [2.05, 4.69) is 39.1 Å². The summed E-state index contributed by atoms with van der Waals surface area (Å²) in [6.07, 6.45) is 3.27. The molecular weight excluding hydrogens is 262 g/mol. The van der Waals surface area contributed by atoms with Crippen molar-refractivity contribution in [2.45, 2.75) is 53.0 Å². The molecular formula is C18H31NO2. The third kappa shape index (κ3) is 5.58. The number of aryl methyl sites for hydroxylation is 1. The molecule has 0 heterocycles. The summed E-state index contributed by atoms with van der Waals surface area (Å²) in [7, 11) is 3.40. The first-order valence-electron chi connectivity index (χ1n) is 7.86. The maximum atomic E-state index is 5.49. The molecule has 0 saturated heterocycles. The third-order valence-electron chi connectivity index (χ3n) is 3.88. The lowest BCUT2D eigenvalue weighted by Crippen LogP contribution is -2.41. The first kappa shape index (κ1) is 17.8. The van der Waals surface area contributed by atoms with Crippen LogP contribution in [0.1, 0.15) is 46.1 Å². The van der Waals surface area contributed by atoms with E-state index in [1.165, 1.54) is 12.0 Å². The van der Waals surface area contributed by atoms with Crippen LogP contribution in [0.4, 0.5) is 0 Å². The molecule has 0 aliphatic carbocycles. The van der Waals surface area contributed by atoms with Crippen LogP contribution in [0.2, 0.25) is 0 Å². The van der Waals surface area contributed by atoms with Crippen LogP contribution in [0, 0.1) is 5.41 Å². The smallest absolute Gasteiger partial charge is 0.125 e. The minimum Gasteiger partial charge on any atom is -0.497 e. The van der Waals surface area contributed by atoms with Gasteiger partial charge < -0.3 is 14.8 Å². The average Bonchev–Trinajstić information content (AvgIpc) is 2.45. The third-order valence-corrected chi connectivity index (χ3v) is 3.88. The molecule has 3 nitrogen and oxygen atoms in total. The number of benzene rings is 1. The Morgan fingerprint density at radius 3 is 2.38 bits per heavy atom. The molecule has 0 aliphatic heterocycles. The number of hydrogen-bond acceptors (Lipinski definition) is 3. The van der Waals surface area contributed by atoms with Gasteiger partial charge in [0.1, 0.15) is 11.5 Å². The minimum absolute atomic E-state index is 0.259. The lowest BCUT2D eigenvalue weighted by Gasteiger charge is -2.32. The second-order valence-electron chi connectivity index (χ2n) is 6.59. The standard InChI is InChI=1S/C18H31NO2/c1-7-12-19-17(18(2,3)4)11-9-14-8-10-15(20-5)13-16(14)21-6/h8,10,13,17,19H,7,9,11-12H2,1-6H3. The number of methoxy groups -OCH3 is 2. The summed E-state index contributed by atoms with van der Waals surface area (Å²) in [6.45, 7) is 10.2. The minimum atomic E-state index is 0.259. The quantitative estimate of drug-likeness (QED) is 0.784. The highest BCUT2D eigenvalue weighted by Gasteiger charge is 2.23. The van der Waals surface area contributed by atoms with Gasteiger partial charge in [0.05, 0.1) is 14.2 Å². The van der Waals surface area contributed by atoms with E-state index in [4.69, 9.17) is 9.47 Å². The molecule has 0 fully saturated rings. The van der Waals surface area contributed by atoms with Crippen molar-refractivity contribution in [1.82, 2.24) is 5.32 Å². The maximum Gasteiger partial charge on any atom is 0.125 e. The predicted molar refractivity (Wildman–Crippen MR) is 89.4 cm³/mol. The number of ether oxygens (including phenoxy) is 2. The molecule has 120 valence electrons.